The maximum Gasteiger partial charge on any atom is 0.141 e. The molecule has 0 aliphatic heterocycles. The fourth-order valence-corrected chi connectivity index (χ4v) is 1.99. The summed E-state index contributed by atoms with van der Waals surface area (Å²) in [5.41, 5.74) is 1.55. The Morgan fingerprint density at radius 2 is 2.08 bits per heavy atom. The quantitative estimate of drug-likeness (QED) is 0.684. The molecule has 13 heavy (non-hydrogen) atoms. The Labute approximate surface area is 84.1 Å². The SMILES string of the molecule is O=C1CCc2ccc(Br)c(F)c2C1. The van der Waals surface area contributed by atoms with Gasteiger partial charge >= 0.3 is 0 Å². The number of benzene rings is 1. The van der Waals surface area contributed by atoms with Crippen molar-refractivity contribution in [3.05, 3.63) is 33.5 Å². The van der Waals surface area contributed by atoms with Gasteiger partial charge in [0.2, 0.25) is 0 Å². The van der Waals surface area contributed by atoms with Crippen molar-refractivity contribution in [3.8, 4) is 0 Å². The molecule has 1 aliphatic carbocycles. The zero-order valence-corrected chi connectivity index (χ0v) is 8.53. The van der Waals surface area contributed by atoms with E-state index in [1.54, 1.807) is 6.07 Å². The number of ketones is 1. The summed E-state index contributed by atoms with van der Waals surface area (Å²) >= 11 is 3.11. The standard InChI is InChI=1S/C10H8BrFO/c11-9-4-2-6-1-3-7(13)5-8(6)10(9)12/h2,4H,1,3,5H2. The maximum atomic E-state index is 13.5. The van der Waals surface area contributed by atoms with E-state index in [1.165, 1.54) is 0 Å². The third-order valence-corrected chi connectivity index (χ3v) is 2.95. The average molecular weight is 243 g/mol. The maximum absolute atomic E-state index is 13.5. The zero-order valence-electron chi connectivity index (χ0n) is 6.94. The molecule has 0 radical (unpaired) electrons. The summed E-state index contributed by atoms with van der Waals surface area (Å²) in [7, 11) is 0. The van der Waals surface area contributed by atoms with Gasteiger partial charge < -0.3 is 0 Å². The smallest absolute Gasteiger partial charge is 0.141 e. The Morgan fingerprint density at radius 1 is 1.31 bits per heavy atom. The molecule has 0 atom stereocenters. The average Bonchev–Trinajstić information content (AvgIpc) is 2.12. The summed E-state index contributed by atoms with van der Waals surface area (Å²) in [5, 5.41) is 0. The molecular weight excluding hydrogens is 235 g/mol. The molecule has 0 aromatic heterocycles. The number of halogens is 2. The number of fused-ring (bicyclic) bond motifs is 1. The van der Waals surface area contributed by atoms with Crippen LogP contribution in [0.25, 0.3) is 0 Å². The molecule has 0 fully saturated rings. The first-order valence-corrected chi connectivity index (χ1v) is 4.95. The molecule has 1 aromatic rings. The molecule has 1 aromatic carbocycles. The van der Waals surface area contributed by atoms with Gasteiger partial charge in [-0.2, -0.15) is 0 Å². The van der Waals surface area contributed by atoms with Gasteiger partial charge in [0.1, 0.15) is 11.6 Å². The van der Waals surface area contributed by atoms with Crippen molar-refractivity contribution in [1.29, 1.82) is 0 Å². The van der Waals surface area contributed by atoms with Crippen LogP contribution in [0.5, 0.6) is 0 Å². The van der Waals surface area contributed by atoms with Crippen LogP contribution >= 0.6 is 15.9 Å². The van der Waals surface area contributed by atoms with Crippen molar-refractivity contribution in [1.82, 2.24) is 0 Å². The molecule has 0 heterocycles. The summed E-state index contributed by atoms with van der Waals surface area (Å²) in [5.74, 6) is -0.143. The first kappa shape index (κ1) is 8.88. The van der Waals surface area contributed by atoms with E-state index in [0.717, 1.165) is 5.56 Å². The van der Waals surface area contributed by atoms with Gasteiger partial charge in [-0.15, -0.1) is 0 Å². The lowest BCUT2D eigenvalue weighted by Gasteiger charge is -2.15. The van der Waals surface area contributed by atoms with Crippen molar-refractivity contribution in [2.45, 2.75) is 19.3 Å². The van der Waals surface area contributed by atoms with Gasteiger partial charge in [0.05, 0.1) is 4.47 Å². The Balaban J connectivity index is 2.54. The molecule has 0 N–H and O–H groups in total. The number of carbonyl (C=O) groups is 1. The van der Waals surface area contributed by atoms with E-state index in [0.29, 0.717) is 22.9 Å². The van der Waals surface area contributed by atoms with Crippen LogP contribution in [-0.2, 0) is 17.6 Å². The second-order valence-corrected chi connectivity index (χ2v) is 4.07. The molecule has 0 unspecified atom stereocenters. The summed E-state index contributed by atoms with van der Waals surface area (Å²) in [6.07, 6.45) is 1.48. The molecule has 0 spiro atoms. The van der Waals surface area contributed by atoms with Crippen LogP contribution in [0.3, 0.4) is 0 Å². The highest BCUT2D eigenvalue weighted by atomic mass is 79.9. The van der Waals surface area contributed by atoms with Gasteiger partial charge in [-0.1, -0.05) is 6.07 Å². The van der Waals surface area contributed by atoms with Crippen LogP contribution in [0.1, 0.15) is 17.5 Å². The summed E-state index contributed by atoms with van der Waals surface area (Å²) < 4.78 is 13.9. The fraction of sp³-hybridized carbons (Fsp3) is 0.300. The third kappa shape index (κ3) is 1.53. The number of hydrogen-bond donors (Lipinski definition) is 0. The van der Waals surface area contributed by atoms with Crippen molar-refractivity contribution in [3.63, 3.8) is 0 Å². The van der Waals surface area contributed by atoms with Crippen LogP contribution < -0.4 is 0 Å². The fourth-order valence-electron chi connectivity index (χ4n) is 1.62. The van der Waals surface area contributed by atoms with Gasteiger partial charge in [0.25, 0.3) is 0 Å². The number of Topliss-reactive ketones (excluding diaryl/α,β-unsaturated/α-hetero) is 1. The van der Waals surface area contributed by atoms with E-state index >= 15 is 0 Å². The Bertz CT molecular complexity index is 373. The Morgan fingerprint density at radius 3 is 2.85 bits per heavy atom. The zero-order chi connectivity index (χ0) is 9.42. The van der Waals surface area contributed by atoms with Crippen molar-refractivity contribution in [2.24, 2.45) is 0 Å². The first-order valence-electron chi connectivity index (χ1n) is 4.16. The lowest BCUT2D eigenvalue weighted by atomic mass is 9.90. The minimum Gasteiger partial charge on any atom is -0.299 e. The summed E-state index contributed by atoms with van der Waals surface area (Å²) in [6, 6.07) is 3.58. The topological polar surface area (TPSA) is 17.1 Å². The predicted octanol–water partition coefficient (Wildman–Crippen LogP) is 2.65. The molecule has 0 saturated carbocycles. The Hall–Kier alpha value is -0.700. The van der Waals surface area contributed by atoms with Crippen LogP contribution in [-0.4, -0.2) is 5.78 Å². The van der Waals surface area contributed by atoms with Crippen molar-refractivity contribution < 1.29 is 9.18 Å². The molecule has 1 aliphatic rings. The minimum atomic E-state index is -0.273. The third-order valence-electron chi connectivity index (χ3n) is 2.34. The summed E-state index contributed by atoms with van der Waals surface area (Å²) in [6.45, 7) is 0. The van der Waals surface area contributed by atoms with Gasteiger partial charge in [-0.25, -0.2) is 4.39 Å². The van der Waals surface area contributed by atoms with E-state index < -0.39 is 0 Å². The second kappa shape index (κ2) is 3.22. The Kier molecular flexibility index (Phi) is 2.20. The minimum absolute atomic E-state index is 0.129. The van der Waals surface area contributed by atoms with E-state index in [4.69, 9.17) is 0 Å². The lowest BCUT2D eigenvalue weighted by Crippen LogP contribution is -2.15. The predicted molar refractivity (Wildman–Crippen MR) is 51.1 cm³/mol. The van der Waals surface area contributed by atoms with Crippen LogP contribution in [0.2, 0.25) is 0 Å². The molecular formula is C10H8BrFO. The van der Waals surface area contributed by atoms with E-state index in [9.17, 15) is 9.18 Å². The van der Waals surface area contributed by atoms with Crippen molar-refractivity contribution >= 4 is 21.7 Å². The highest BCUT2D eigenvalue weighted by Crippen LogP contribution is 2.27. The van der Waals surface area contributed by atoms with Gasteiger partial charge in [-0.3, -0.25) is 4.79 Å². The first-order chi connectivity index (χ1) is 6.18. The summed E-state index contributed by atoms with van der Waals surface area (Å²) in [4.78, 5) is 11.1. The number of aryl methyl sites for hydroxylation is 1. The second-order valence-electron chi connectivity index (χ2n) is 3.21. The molecule has 0 amide bonds. The highest BCUT2D eigenvalue weighted by molar-refractivity contribution is 9.10. The molecule has 1 nitrogen and oxygen atoms in total. The monoisotopic (exact) mass is 242 g/mol. The van der Waals surface area contributed by atoms with Crippen LogP contribution in [0.15, 0.2) is 16.6 Å². The van der Waals surface area contributed by atoms with Crippen molar-refractivity contribution in [2.75, 3.05) is 0 Å². The number of carbonyl (C=O) groups excluding carboxylic acids is 1. The lowest BCUT2D eigenvalue weighted by molar-refractivity contribution is -0.118. The van der Waals surface area contributed by atoms with Gasteiger partial charge in [-0.05, 0) is 39.5 Å². The van der Waals surface area contributed by atoms with E-state index in [2.05, 4.69) is 15.9 Å². The van der Waals surface area contributed by atoms with E-state index in [-0.39, 0.29) is 18.0 Å². The molecule has 3 heteroatoms. The normalized spacial score (nSPS) is 15.7. The molecule has 0 saturated heterocycles. The van der Waals surface area contributed by atoms with Crippen LogP contribution in [0.4, 0.5) is 4.39 Å². The molecule has 2 rings (SSSR count). The van der Waals surface area contributed by atoms with Crippen LogP contribution in [0, 0.1) is 5.82 Å². The van der Waals surface area contributed by atoms with E-state index in [1.807, 2.05) is 6.07 Å². The molecule has 68 valence electrons. The largest absolute Gasteiger partial charge is 0.299 e. The molecule has 0 bridgehead atoms. The number of hydrogen-bond acceptors (Lipinski definition) is 1. The van der Waals surface area contributed by atoms with Gasteiger partial charge in [0, 0.05) is 12.8 Å². The number of rotatable bonds is 0. The highest BCUT2D eigenvalue weighted by Gasteiger charge is 2.19. The van der Waals surface area contributed by atoms with Gasteiger partial charge in [0.15, 0.2) is 0 Å².